The highest BCUT2D eigenvalue weighted by atomic mass is 16.3. The zero-order chi connectivity index (χ0) is 11.8. The summed E-state index contributed by atoms with van der Waals surface area (Å²) < 4.78 is 0. The van der Waals surface area contributed by atoms with Crippen molar-refractivity contribution in [3.05, 3.63) is 29.3 Å². The lowest BCUT2D eigenvalue weighted by Crippen LogP contribution is -2.28. The Morgan fingerprint density at radius 3 is 2.53 bits per heavy atom. The molecule has 0 amide bonds. The Labute approximate surface area is 103 Å². The molecule has 0 atom stereocenters. The van der Waals surface area contributed by atoms with Crippen LogP contribution in [0.25, 0.3) is 0 Å². The molecule has 2 saturated carbocycles. The Hall–Kier alpha value is -1.02. The molecule has 2 aliphatic carbocycles. The molecule has 1 N–H and O–H groups in total. The Morgan fingerprint density at radius 1 is 1.24 bits per heavy atom. The normalized spacial score (nSPS) is 19.4. The molecule has 2 nitrogen and oxygen atoms in total. The first-order chi connectivity index (χ1) is 8.28. The van der Waals surface area contributed by atoms with Crippen LogP contribution in [0, 0.1) is 12.8 Å². The SMILES string of the molecule is Cc1cc(CO)ccc1N(CC1CC1)C1CC1. The maximum Gasteiger partial charge on any atom is 0.0681 e. The number of hydrogen-bond donors (Lipinski definition) is 1. The average molecular weight is 231 g/mol. The minimum atomic E-state index is 0.146. The van der Waals surface area contributed by atoms with Gasteiger partial charge in [-0.05, 0) is 55.7 Å². The number of aliphatic hydroxyl groups is 1. The molecule has 0 bridgehead atoms. The molecule has 1 aromatic carbocycles. The third-order valence-corrected chi connectivity index (χ3v) is 3.89. The molecule has 17 heavy (non-hydrogen) atoms. The molecular weight excluding hydrogens is 210 g/mol. The van der Waals surface area contributed by atoms with Crippen molar-refractivity contribution in [1.82, 2.24) is 0 Å². The predicted octanol–water partition coefficient (Wildman–Crippen LogP) is 2.87. The van der Waals surface area contributed by atoms with Crippen LogP contribution in [0.5, 0.6) is 0 Å². The van der Waals surface area contributed by atoms with E-state index in [0.717, 1.165) is 17.5 Å². The van der Waals surface area contributed by atoms with Crippen LogP contribution in [0.3, 0.4) is 0 Å². The van der Waals surface area contributed by atoms with Gasteiger partial charge in [-0.2, -0.15) is 0 Å². The number of aryl methyl sites for hydroxylation is 1. The van der Waals surface area contributed by atoms with Gasteiger partial charge in [0.2, 0.25) is 0 Å². The minimum Gasteiger partial charge on any atom is -0.392 e. The van der Waals surface area contributed by atoms with Crippen LogP contribution in [-0.2, 0) is 6.61 Å². The molecule has 2 aliphatic rings. The molecule has 3 rings (SSSR count). The van der Waals surface area contributed by atoms with E-state index in [9.17, 15) is 0 Å². The van der Waals surface area contributed by atoms with Gasteiger partial charge in [-0.1, -0.05) is 12.1 Å². The Bertz CT molecular complexity index is 407. The van der Waals surface area contributed by atoms with Crippen molar-refractivity contribution in [3.63, 3.8) is 0 Å². The van der Waals surface area contributed by atoms with Gasteiger partial charge < -0.3 is 10.0 Å². The van der Waals surface area contributed by atoms with E-state index in [-0.39, 0.29) is 6.61 Å². The third-order valence-electron chi connectivity index (χ3n) is 3.89. The Morgan fingerprint density at radius 2 is 2.00 bits per heavy atom. The molecule has 1 aromatic rings. The highest BCUT2D eigenvalue weighted by molar-refractivity contribution is 5.56. The van der Waals surface area contributed by atoms with Crippen LogP contribution < -0.4 is 4.90 Å². The van der Waals surface area contributed by atoms with Gasteiger partial charge in [0.1, 0.15) is 0 Å². The quantitative estimate of drug-likeness (QED) is 0.842. The number of hydrogen-bond acceptors (Lipinski definition) is 2. The fourth-order valence-electron chi connectivity index (χ4n) is 2.55. The first-order valence-electron chi connectivity index (χ1n) is 6.75. The van der Waals surface area contributed by atoms with Crippen LogP contribution in [0.15, 0.2) is 18.2 Å². The van der Waals surface area contributed by atoms with Crippen molar-refractivity contribution < 1.29 is 5.11 Å². The summed E-state index contributed by atoms with van der Waals surface area (Å²) in [6.07, 6.45) is 5.54. The van der Waals surface area contributed by atoms with E-state index in [0.29, 0.717) is 0 Å². The molecule has 2 fully saturated rings. The summed E-state index contributed by atoms with van der Waals surface area (Å²) in [5, 5.41) is 9.15. The second-order valence-electron chi connectivity index (χ2n) is 5.61. The number of aliphatic hydroxyl groups excluding tert-OH is 1. The summed E-state index contributed by atoms with van der Waals surface area (Å²) in [4.78, 5) is 2.61. The summed E-state index contributed by atoms with van der Waals surface area (Å²) in [5.74, 6) is 0.938. The average Bonchev–Trinajstić information content (AvgIpc) is 3.18. The predicted molar refractivity (Wildman–Crippen MR) is 70.2 cm³/mol. The molecule has 2 heteroatoms. The maximum atomic E-state index is 9.15. The van der Waals surface area contributed by atoms with Gasteiger partial charge >= 0.3 is 0 Å². The third kappa shape index (κ3) is 2.47. The lowest BCUT2D eigenvalue weighted by molar-refractivity contribution is 0.282. The van der Waals surface area contributed by atoms with E-state index in [1.807, 2.05) is 0 Å². The smallest absolute Gasteiger partial charge is 0.0681 e. The summed E-state index contributed by atoms with van der Waals surface area (Å²) in [6.45, 7) is 3.55. The van der Waals surface area contributed by atoms with Gasteiger partial charge in [0.25, 0.3) is 0 Å². The van der Waals surface area contributed by atoms with Gasteiger partial charge in [-0.25, -0.2) is 0 Å². The molecule has 0 heterocycles. The van der Waals surface area contributed by atoms with Crippen molar-refractivity contribution >= 4 is 5.69 Å². The van der Waals surface area contributed by atoms with Gasteiger partial charge in [-0.3, -0.25) is 0 Å². The zero-order valence-electron chi connectivity index (χ0n) is 10.5. The fraction of sp³-hybridized carbons (Fsp3) is 0.600. The van der Waals surface area contributed by atoms with E-state index >= 15 is 0 Å². The molecule has 0 spiro atoms. The first-order valence-corrected chi connectivity index (χ1v) is 6.75. The maximum absolute atomic E-state index is 9.15. The van der Waals surface area contributed by atoms with E-state index < -0.39 is 0 Å². The molecule has 0 aliphatic heterocycles. The van der Waals surface area contributed by atoms with E-state index in [4.69, 9.17) is 5.11 Å². The number of benzene rings is 1. The second-order valence-corrected chi connectivity index (χ2v) is 5.61. The Kier molecular flexibility index (Phi) is 2.83. The number of rotatable bonds is 5. The van der Waals surface area contributed by atoms with E-state index in [1.165, 1.54) is 43.5 Å². The fourth-order valence-corrected chi connectivity index (χ4v) is 2.55. The van der Waals surface area contributed by atoms with Crippen LogP contribution in [0.4, 0.5) is 5.69 Å². The molecule has 0 radical (unpaired) electrons. The van der Waals surface area contributed by atoms with E-state index in [2.05, 4.69) is 30.0 Å². The first kappa shape index (κ1) is 11.1. The zero-order valence-corrected chi connectivity index (χ0v) is 10.5. The lowest BCUT2D eigenvalue weighted by atomic mass is 10.1. The molecule has 92 valence electrons. The lowest BCUT2D eigenvalue weighted by Gasteiger charge is -2.26. The van der Waals surface area contributed by atoms with Crippen molar-refractivity contribution in [2.75, 3.05) is 11.4 Å². The van der Waals surface area contributed by atoms with Crippen molar-refractivity contribution in [3.8, 4) is 0 Å². The van der Waals surface area contributed by atoms with Crippen LogP contribution in [-0.4, -0.2) is 17.7 Å². The summed E-state index contributed by atoms with van der Waals surface area (Å²) in [7, 11) is 0. The molecular formula is C15H21NO. The molecule has 0 aromatic heterocycles. The summed E-state index contributed by atoms with van der Waals surface area (Å²) in [6, 6.07) is 7.17. The van der Waals surface area contributed by atoms with Crippen LogP contribution in [0.1, 0.15) is 36.8 Å². The standard InChI is InChI=1S/C15H21NO/c1-11-8-13(10-17)4-7-15(11)16(14-5-6-14)9-12-2-3-12/h4,7-8,12,14,17H,2-3,5-6,9-10H2,1H3. The van der Waals surface area contributed by atoms with Crippen LogP contribution in [0.2, 0.25) is 0 Å². The van der Waals surface area contributed by atoms with Crippen LogP contribution >= 0.6 is 0 Å². The monoisotopic (exact) mass is 231 g/mol. The highest BCUT2D eigenvalue weighted by Crippen LogP contribution is 2.38. The van der Waals surface area contributed by atoms with Gasteiger partial charge in [0.05, 0.1) is 6.61 Å². The van der Waals surface area contributed by atoms with Gasteiger partial charge in [-0.15, -0.1) is 0 Å². The highest BCUT2D eigenvalue weighted by Gasteiger charge is 2.34. The van der Waals surface area contributed by atoms with Gasteiger partial charge in [0, 0.05) is 18.3 Å². The van der Waals surface area contributed by atoms with Crippen molar-refractivity contribution in [1.29, 1.82) is 0 Å². The summed E-state index contributed by atoms with van der Waals surface area (Å²) in [5.41, 5.74) is 3.72. The van der Waals surface area contributed by atoms with Gasteiger partial charge in [0.15, 0.2) is 0 Å². The van der Waals surface area contributed by atoms with E-state index in [1.54, 1.807) is 0 Å². The number of anilines is 1. The topological polar surface area (TPSA) is 23.5 Å². The summed E-state index contributed by atoms with van der Waals surface area (Å²) >= 11 is 0. The minimum absolute atomic E-state index is 0.146. The molecule has 0 unspecified atom stereocenters. The van der Waals surface area contributed by atoms with Crippen molar-refractivity contribution in [2.45, 2.75) is 45.3 Å². The Balaban J connectivity index is 1.83. The largest absolute Gasteiger partial charge is 0.392 e. The number of nitrogens with zero attached hydrogens (tertiary/aromatic N) is 1. The second kappa shape index (κ2) is 4.34. The van der Waals surface area contributed by atoms with Crippen molar-refractivity contribution in [2.24, 2.45) is 5.92 Å². The molecule has 0 saturated heterocycles.